The van der Waals surface area contributed by atoms with E-state index >= 15 is 0 Å². The zero-order valence-electron chi connectivity index (χ0n) is 12.5. The molecule has 106 valence electrons. The Kier molecular flexibility index (Phi) is 3.67. The quantitative estimate of drug-likeness (QED) is 0.827. The lowest BCUT2D eigenvalue weighted by molar-refractivity contribution is 0.255. The number of nitrogens with zero attached hydrogens (tertiary/aromatic N) is 3. The number of aryl methyl sites for hydroxylation is 2. The Balaban J connectivity index is 1.70. The van der Waals surface area contributed by atoms with E-state index in [2.05, 4.69) is 47.9 Å². The fourth-order valence-corrected chi connectivity index (χ4v) is 3.77. The summed E-state index contributed by atoms with van der Waals surface area (Å²) < 4.78 is 0. The summed E-state index contributed by atoms with van der Waals surface area (Å²) in [5.41, 5.74) is 4.18. The number of likely N-dealkylation sites (tertiary alicyclic amines) is 1. The number of anilines is 1. The first-order valence-corrected chi connectivity index (χ1v) is 7.64. The van der Waals surface area contributed by atoms with Crippen LogP contribution in [0.15, 0.2) is 18.2 Å². The lowest BCUT2D eigenvalue weighted by Crippen LogP contribution is -2.36. The molecule has 0 saturated carbocycles. The second kappa shape index (κ2) is 5.46. The van der Waals surface area contributed by atoms with Gasteiger partial charge in [-0.05, 0) is 44.4 Å². The Bertz CT molecular complexity index is 511. The fourth-order valence-electron chi connectivity index (χ4n) is 3.77. The van der Waals surface area contributed by atoms with Crippen LogP contribution in [-0.2, 0) is 0 Å². The van der Waals surface area contributed by atoms with E-state index < -0.39 is 0 Å². The van der Waals surface area contributed by atoms with Gasteiger partial charge in [-0.25, -0.2) is 0 Å². The van der Waals surface area contributed by atoms with E-state index in [4.69, 9.17) is 5.26 Å². The van der Waals surface area contributed by atoms with Gasteiger partial charge < -0.3 is 4.90 Å². The van der Waals surface area contributed by atoms with Crippen LogP contribution in [0.2, 0.25) is 0 Å². The van der Waals surface area contributed by atoms with E-state index in [1.807, 2.05) is 0 Å². The highest BCUT2D eigenvalue weighted by Gasteiger charge is 2.33. The van der Waals surface area contributed by atoms with Gasteiger partial charge in [0.05, 0.1) is 12.0 Å². The maximum Gasteiger partial charge on any atom is 0.0669 e. The lowest BCUT2D eigenvalue weighted by Gasteiger charge is -2.26. The van der Waals surface area contributed by atoms with Crippen molar-refractivity contribution in [3.8, 4) is 6.07 Å². The molecular weight excluding hydrogens is 246 g/mol. The second-order valence-corrected chi connectivity index (χ2v) is 6.24. The van der Waals surface area contributed by atoms with E-state index in [1.54, 1.807) is 0 Å². The standard InChI is InChI=1S/C17H23N3/c1-13-4-3-5-14(2)17(13)20-9-7-16(12-20)19-8-6-15(10-18)11-19/h3-5,15-16H,6-9,11-12H2,1-2H3. The molecule has 2 atom stereocenters. The van der Waals surface area contributed by atoms with E-state index in [0.717, 1.165) is 32.6 Å². The molecule has 0 spiro atoms. The zero-order valence-corrected chi connectivity index (χ0v) is 12.5. The fraction of sp³-hybridized carbons (Fsp3) is 0.588. The third kappa shape index (κ3) is 2.41. The average Bonchev–Trinajstić information content (AvgIpc) is 3.06. The lowest BCUT2D eigenvalue weighted by atomic mass is 10.1. The highest BCUT2D eigenvalue weighted by atomic mass is 15.3. The van der Waals surface area contributed by atoms with Gasteiger partial charge in [0.2, 0.25) is 0 Å². The summed E-state index contributed by atoms with van der Waals surface area (Å²) in [7, 11) is 0. The van der Waals surface area contributed by atoms with Gasteiger partial charge in [0.25, 0.3) is 0 Å². The molecule has 0 radical (unpaired) electrons. The largest absolute Gasteiger partial charge is 0.369 e. The van der Waals surface area contributed by atoms with Crippen LogP contribution in [0.25, 0.3) is 0 Å². The third-order valence-electron chi connectivity index (χ3n) is 4.84. The molecule has 0 N–H and O–H groups in total. The van der Waals surface area contributed by atoms with E-state index in [9.17, 15) is 0 Å². The van der Waals surface area contributed by atoms with Crippen molar-refractivity contribution in [2.24, 2.45) is 5.92 Å². The summed E-state index contributed by atoms with van der Waals surface area (Å²) in [6.45, 7) is 8.74. The monoisotopic (exact) mass is 269 g/mol. The average molecular weight is 269 g/mol. The summed E-state index contributed by atoms with van der Waals surface area (Å²) in [5, 5.41) is 9.04. The van der Waals surface area contributed by atoms with Gasteiger partial charge in [0.15, 0.2) is 0 Å². The van der Waals surface area contributed by atoms with Crippen molar-refractivity contribution in [3.63, 3.8) is 0 Å². The Hall–Kier alpha value is -1.53. The van der Waals surface area contributed by atoms with Crippen molar-refractivity contribution in [1.29, 1.82) is 5.26 Å². The van der Waals surface area contributed by atoms with Crippen molar-refractivity contribution in [2.75, 3.05) is 31.1 Å². The van der Waals surface area contributed by atoms with Crippen LogP contribution >= 0.6 is 0 Å². The maximum absolute atomic E-state index is 9.04. The van der Waals surface area contributed by atoms with Crippen LogP contribution in [0.1, 0.15) is 24.0 Å². The molecule has 2 unspecified atom stereocenters. The highest BCUT2D eigenvalue weighted by Crippen LogP contribution is 2.30. The van der Waals surface area contributed by atoms with E-state index in [1.165, 1.54) is 23.2 Å². The SMILES string of the molecule is Cc1cccc(C)c1N1CCC(N2CCC(C#N)C2)C1. The smallest absolute Gasteiger partial charge is 0.0669 e. The molecule has 3 nitrogen and oxygen atoms in total. The molecule has 2 heterocycles. The number of nitriles is 1. The van der Waals surface area contributed by atoms with Crippen LogP contribution in [0, 0.1) is 31.1 Å². The molecule has 2 aliphatic heterocycles. The number of benzene rings is 1. The Morgan fingerprint density at radius 3 is 2.50 bits per heavy atom. The molecule has 2 fully saturated rings. The predicted octanol–water partition coefficient (Wildman–Crippen LogP) is 2.73. The number of hydrogen-bond acceptors (Lipinski definition) is 3. The van der Waals surface area contributed by atoms with Gasteiger partial charge in [-0.3, -0.25) is 4.90 Å². The highest BCUT2D eigenvalue weighted by molar-refractivity contribution is 5.59. The Labute approximate surface area is 121 Å². The van der Waals surface area contributed by atoms with E-state index in [0.29, 0.717) is 6.04 Å². The molecule has 3 heteroatoms. The number of rotatable bonds is 2. The van der Waals surface area contributed by atoms with Gasteiger partial charge >= 0.3 is 0 Å². The van der Waals surface area contributed by atoms with Crippen LogP contribution < -0.4 is 4.90 Å². The summed E-state index contributed by atoms with van der Waals surface area (Å²) in [6, 6.07) is 9.60. The van der Waals surface area contributed by atoms with Gasteiger partial charge in [-0.15, -0.1) is 0 Å². The van der Waals surface area contributed by atoms with Crippen molar-refractivity contribution < 1.29 is 0 Å². The topological polar surface area (TPSA) is 30.3 Å². The minimum absolute atomic E-state index is 0.254. The molecule has 2 aliphatic rings. The molecule has 20 heavy (non-hydrogen) atoms. The molecule has 0 aromatic heterocycles. The molecule has 0 bridgehead atoms. The first-order valence-electron chi connectivity index (χ1n) is 7.64. The van der Waals surface area contributed by atoms with Gasteiger partial charge in [-0.2, -0.15) is 5.26 Å². The maximum atomic E-state index is 9.04. The van der Waals surface area contributed by atoms with E-state index in [-0.39, 0.29) is 5.92 Å². The Morgan fingerprint density at radius 2 is 1.85 bits per heavy atom. The van der Waals surface area contributed by atoms with Crippen LogP contribution in [0.5, 0.6) is 0 Å². The molecule has 0 aliphatic carbocycles. The third-order valence-corrected chi connectivity index (χ3v) is 4.84. The van der Waals surface area contributed by atoms with Crippen molar-refractivity contribution in [2.45, 2.75) is 32.7 Å². The summed E-state index contributed by atoms with van der Waals surface area (Å²) in [6.07, 6.45) is 2.28. The van der Waals surface area contributed by atoms with Crippen LogP contribution in [0.4, 0.5) is 5.69 Å². The molecule has 3 rings (SSSR count). The summed E-state index contributed by atoms with van der Waals surface area (Å²) >= 11 is 0. The molecular formula is C17H23N3. The van der Waals surface area contributed by atoms with Crippen molar-refractivity contribution in [1.82, 2.24) is 4.90 Å². The Morgan fingerprint density at radius 1 is 1.10 bits per heavy atom. The van der Waals surface area contributed by atoms with Crippen molar-refractivity contribution in [3.05, 3.63) is 29.3 Å². The minimum Gasteiger partial charge on any atom is -0.369 e. The molecule has 1 aromatic carbocycles. The van der Waals surface area contributed by atoms with Gasteiger partial charge in [0, 0.05) is 31.4 Å². The van der Waals surface area contributed by atoms with Gasteiger partial charge in [0.1, 0.15) is 0 Å². The number of para-hydroxylation sites is 1. The van der Waals surface area contributed by atoms with Gasteiger partial charge in [-0.1, -0.05) is 18.2 Å². The molecule has 0 amide bonds. The second-order valence-electron chi connectivity index (χ2n) is 6.24. The molecule has 1 aromatic rings. The molecule has 2 saturated heterocycles. The number of hydrogen-bond donors (Lipinski definition) is 0. The first kappa shape index (κ1) is 13.5. The van der Waals surface area contributed by atoms with Crippen LogP contribution in [0.3, 0.4) is 0 Å². The predicted molar refractivity (Wildman–Crippen MR) is 81.8 cm³/mol. The normalized spacial score (nSPS) is 26.9. The zero-order chi connectivity index (χ0) is 14.1. The first-order chi connectivity index (χ1) is 9.69. The van der Waals surface area contributed by atoms with Crippen LogP contribution in [-0.4, -0.2) is 37.1 Å². The van der Waals surface area contributed by atoms with Crippen molar-refractivity contribution >= 4 is 5.69 Å². The summed E-state index contributed by atoms with van der Waals surface area (Å²) in [4.78, 5) is 5.07. The summed E-state index contributed by atoms with van der Waals surface area (Å²) in [5.74, 6) is 0.254. The minimum atomic E-state index is 0.254.